The van der Waals surface area contributed by atoms with E-state index < -0.39 is 0 Å². The van der Waals surface area contributed by atoms with Crippen LogP contribution in [0.3, 0.4) is 0 Å². The lowest BCUT2D eigenvalue weighted by Crippen LogP contribution is -3.19. The first-order valence-electron chi connectivity index (χ1n) is 11.3. The van der Waals surface area contributed by atoms with Crippen LogP contribution in [0.4, 0.5) is 11.4 Å². The van der Waals surface area contributed by atoms with Crippen molar-refractivity contribution in [3.63, 3.8) is 0 Å². The van der Waals surface area contributed by atoms with Gasteiger partial charge in [0.2, 0.25) is 0 Å². The lowest BCUT2D eigenvalue weighted by Gasteiger charge is -2.36. The van der Waals surface area contributed by atoms with E-state index in [2.05, 4.69) is 42.3 Å². The highest BCUT2D eigenvalue weighted by Gasteiger charge is 2.30. The monoisotopic (exact) mass is 410 g/mol. The summed E-state index contributed by atoms with van der Waals surface area (Å²) in [5.41, 5.74) is 3.32. The maximum absolute atomic E-state index is 13.0. The Morgan fingerprint density at radius 3 is 2.43 bits per heavy atom. The predicted molar refractivity (Wildman–Crippen MR) is 124 cm³/mol. The van der Waals surface area contributed by atoms with E-state index >= 15 is 0 Å². The van der Waals surface area contributed by atoms with Gasteiger partial charge in [0.1, 0.15) is 5.75 Å². The zero-order valence-corrected chi connectivity index (χ0v) is 18.8. The molecule has 30 heavy (non-hydrogen) atoms. The van der Waals surface area contributed by atoms with Crippen LogP contribution in [0.2, 0.25) is 0 Å². The van der Waals surface area contributed by atoms with Gasteiger partial charge in [-0.15, -0.1) is 0 Å². The average Bonchev–Trinajstić information content (AvgIpc) is 2.79. The van der Waals surface area contributed by atoms with Crippen LogP contribution < -0.4 is 19.9 Å². The summed E-state index contributed by atoms with van der Waals surface area (Å²) in [7, 11) is 0. The lowest BCUT2D eigenvalue weighted by molar-refractivity contribution is -0.914. The summed E-state index contributed by atoms with van der Waals surface area (Å²) in [4.78, 5) is 16.7. The summed E-state index contributed by atoms with van der Waals surface area (Å²) in [6, 6.07) is 16.3. The van der Waals surface area contributed by atoms with Gasteiger partial charge < -0.3 is 19.9 Å². The SMILES string of the molecule is CCOc1ccccc1N1CC[NH+]([C@@H](C)C(=O)Nc2ccccc2[C@@H](C)CC)CC1. The maximum Gasteiger partial charge on any atom is 0.282 e. The topological polar surface area (TPSA) is 46.0 Å². The third-order valence-corrected chi connectivity index (χ3v) is 6.28. The van der Waals surface area contributed by atoms with Crippen LogP contribution in [-0.2, 0) is 4.79 Å². The Labute approximate surface area is 181 Å². The highest BCUT2D eigenvalue weighted by molar-refractivity contribution is 5.94. The average molecular weight is 411 g/mol. The van der Waals surface area contributed by atoms with E-state index in [-0.39, 0.29) is 11.9 Å². The minimum absolute atomic E-state index is 0.0840. The zero-order chi connectivity index (χ0) is 21.5. The van der Waals surface area contributed by atoms with Gasteiger partial charge in [-0.1, -0.05) is 44.2 Å². The van der Waals surface area contributed by atoms with E-state index in [4.69, 9.17) is 4.74 Å². The van der Waals surface area contributed by atoms with Crippen molar-refractivity contribution in [3.05, 3.63) is 54.1 Å². The molecule has 5 nitrogen and oxygen atoms in total. The molecule has 0 radical (unpaired) electrons. The van der Waals surface area contributed by atoms with E-state index in [9.17, 15) is 4.79 Å². The van der Waals surface area contributed by atoms with Crippen molar-refractivity contribution in [2.45, 2.75) is 46.1 Å². The Morgan fingerprint density at radius 1 is 1.07 bits per heavy atom. The number of anilines is 2. The number of benzene rings is 2. The highest BCUT2D eigenvalue weighted by Crippen LogP contribution is 2.28. The second kappa shape index (κ2) is 10.5. The summed E-state index contributed by atoms with van der Waals surface area (Å²) < 4.78 is 5.80. The number of quaternary nitrogens is 1. The highest BCUT2D eigenvalue weighted by atomic mass is 16.5. The van der Waals surface area contributed by atoms with Crippen LogP contribution in [0.25, 0.3) is 0 Å². The zero-order valence-electron chi connectivity index (χ0n) is 18.8. The summed E-state index contributed by atoms with van der Waals surface area (Å²) in [5, 5.41) is 3.20. The fraction of sp³-hybridized carbons (Fsp3) is 0.480. The van der Waals surface area contributed by atoms with Crippen molar-refractivity contribution in [3.8, 4) is 5.75 Å². The number of piperazine rings is 1. The Kier molecular flexibility index (Phi) is 7.75. The number of rotatable bonds is 8. The largest absolute Gasteiger partial charge is 0.492 e. The number of carbonyl (C=O) groups excluding carboxylic acids is 1. The fourth-order valence-electron chi connectivity index (χ4n) is 4.15. The molecule has 1 heterocycles. The van der Waals surface area contributed by atoms with Crippen molar-refractivity contribution in [1.29, 1.82) is 0 Å². The molecule has 0 saturated carbocycles. The molecule has 0 spiro atoms. The Morgan fingerprint density at radius 2 is 1.73 bits per heavy atom. The van der Waals surface area contributed by atoms with Gasteiger partial charge in [0, 0.05) is 5.69 Å². The van der Waals surface area contributed by atoms with E-state index in [0.717, 1.165) is 49.7 Å². The normalized spacial score (nSPS) is 16.7. The number of nitrogens with one attached hydrogen (secondary N) is 2. The molecule has 162 valence electrons. The number of nitrogens with zero attached hydrogens (tertiary/aromatic N) is 1. The Hall–Kier alpha value is -2.53. The third kappa shape index (κ3) is 5.14. The van der Waals surface area contributed by atoms with Gasteiger partial charge in [0.05, 0.1) is 38.5 Å². The van der Waals surface area contributed by atoms with Crippen LogP contribution in [0.5, 0.6) is 5.75 Å². The number of para-hydroxylation sites is 3. The molecule has 0 unspecified atom stereocenters. The Balaban J connectivity index is 1.61. The smallest absolute Gasteiger partial charge is 0.282 e. The molecule has 1 fully saturated rings. The molecule has 5 heteroatoms. The second-order valence-corrected chi connectivity index (χ2v) is 8.15. The molecule has 0 bridgehead atoms. The van der Waals surface area contributed by atoms with Gasteiger partial charge in [0.25, 0.3) is 5.91 Å². The van der Waals surface area contributed by atoms with E-state index in [1.807, 2.05) is 44.2 Å². The van der Waals surface area contributed by atoms with Gasteiger partial charge >= 0.3 is 0 Å². The molecule has 0 aromatic heterocycles. The minimum Gasteiger partial charge on any atom is -0.492 e. The van der Waals surface area contributed by atoms with Gasteiger partial charge in [-0.25, -0.2) is 0 Å². The molecule has 1 saturated heterocycles. The number of ether oxygens (including phenoxy) is 1. The predicted octanol–water partition coefficient (Wildman–Crippen LogP) is 3.33. The van der Waals surface area contributed by atoms with Crippen LogP contribution in [0, 0.1) is 0 Å². The first kappa shape index (κ1) is 22.2. The quantitative estimate of drug-likeness (QED) is 0.702. The van der Waals surface area contributed by atoms with Gasteiger partial charge in [-0.2, -0.15) is 0 Å². The molecule has 0 aliphatic carbocycles. The van der Waals surface area contributed by atoms with Crippen molar-refractivity contribution in [1.82, 2.24) is 0 Å². The van der Waals surface area contributed by atoms with Crippen LogP contribution in [-0.4, -0.2) is 44.7 Å². The summed E-state index contributed by atoms with van der Waals surface area (Å²) in [5.74, 6) is 1.47. The first-order chi connectivity index (χ1) is 14.5. The van der Waals surface area contributed by atoms with Gasteiger partial charge in [-0.05, 0) is 49.9 Å². The molecular formula is C25H36N3O2+. The van der Waals surface area contributed by atoms with E-state index in [1.165, 1.54) is 10.5 Å². The molecule has 2 aromatic carbocycles. The second-order valence-electron chi connectivity index (χ2n) is 8.15. The molecular weight excluding hydrogens is 374 g/mol. The van der Waals surface area contributed by atoms with Gasteiger partial charge in [0.15, 0.2) is 6.04 Å². The molecule has 1 aliphatic heterocycles. The number of hydrogen-bond donors (Lipinski definition) is 2. The fourth-order valence-corrected chi connectivity index (χ4v) is 4.15. The summed E-state index contributed by atoms with van der Waals surface area (Å²) >= 11 is 0. The minimum atomic E-state index is -0.0840. The third-order valence-electron chi connectivity index (χ3n) is 6.28. The van der Waals surface area contributed by atoms with E-state index in [0.29, 0.717) is 12.5 Å². The number of hydrogen-bond acceptors (Lipinski definition) is 3. The van der Waals surface area contributed by atoms with Crippen molar-refractivity contribution in [2.24, 2.45) is 0 Å². The molecule has 1 amide bonds. The standard InChI is InChI=1S/C25H35N3O2/c1-5-19(3)21-11-7-8-12-22(21)26-25(29)20(4)27-15-17-28(18-16-27)23-13-9-10-14-24(23)30-6-2/h7-14,19-20H,5-6,15-18H2,1-4H3,(H,26,29)/p+1/t19-,20-/m0/s1. The Bertz CT molecular complexity index is 831. The van der Waals surface area contributed by atoms with Gasteiger partial charge in [-0.3, -0.25) is 4.79 Å². The van der Waals surface area contributed by atoms with Crippen LogP contribution >= 0.6 is 0 Å². The summed E-state index contributed by atoms with van der Waals surface area (Å²) in [6.07, 6.45) is 1.05. The van der Waals surface area contributed by atoms with Crippen LogP contribution in [0.1, 0.15) is 45.6 Å². The van der Waals surface area contributed by atoms with Crippen LogP contribution in [0.15, 0.2) is 48.5 Å². The lowest BCUT2D eigenvalue weighted by atomic mass is 9.97. The van der Waals surface area contributed by atoms with E-state index in [1.54, 1.807) is 0 Å². The van der Waals surface area contributed by atoms with Crippen molar-refractivity contribution in [2.75, 3.05) is 43.0 Å². The summed E-state index contributed by atoms with van der Waals surface area (Å²) in [6.45, 7) is 12.8. The number of amides is 1. The van der Waals surface area contributed by atoms with Crippen molar-refractivity contribution >= 4 is 17.3 Å². The van der Waals surface area contributed by atoms with Crippen molar-refractivity contribution < 1.29 is 14.4 Å². The molecule has 1 aliphatic rings. The molecule has 2 aromatic rings. The number of carbonyl (C=O) groups is 1. The molecule has 2 N–H and O–H groups in total. The molecule has 3 rings (SSSR count). The maximum atomic E-state index is 13.0. The molecule has 2 atom stereocenters. The first-order valence-corrected chi connectivity index (χ1v) is 11.3.